The minimum atomic E-state index is -0.0787. The van der Waals surface area contributed by atoms with Crippen molar-refractivity contribution in [3.63, 3.8) is 0 Å². The molecule has 1 N–H and O–H groups in total. The maximum absolute atomic E-state index is 6.77. The fourth-order valence-electron chi connectivity index (χ4n) is 7.50. The average molecular weight is 969 g/mol. The van der Waals surface area contributed by atoms with Crippen LogP contribution >= 0.6 is 0 Å². The predicted molar refractivity (Wildman–Crippen MR) is 248 cm³/mol. The first-order valence-corrected chi connectivity index (χ1v) is 20.4. The van der Waals surface area contributed by atoms with Gasteiger partial charge in [0.05, 0.1) is 5.69 Å². The number of para-hydroxylation sites is 1. The number of benzene rings is 6. The number of anilines is 4. The van der Waals surface area contributed by atoms with Crippen molar-refractivity contribution in [3.05, 3.63) is 176 Å². The van der Waals surface area contributed by atoms with Gasteiger partial charge in [0, 0.05) is 55.7 Å². The Bertz CT molecular complexity index is 2800. The van der Waals surface area contributed by atoms with Gasteiger partial charge in [0.1, 0.15) is 5.82 Å². The normalized spacial score (nSPS) is 12.0. The maximum atomic E-state index is 6.77. The molecule has 0 aliphatic heterocycles. The van der Waals surface area contributed by atoms with E-state index in [1.165, 1.54) is 16.7 Å². The summed E-state index contributed by atoms with van der Waals surface area (Å²) < 4.78 is 8.96. The van der Waals surface area contributed by atoms with Gasteiger partial charge in [0.25, 0.3) is 0 Å². The van der Waals surface area contributed by atoms with Crippen molar-refractivity contribution in [2.24, 2.45) is 0 Å². The summed E-state index contributed by atoms with van der Waals surface area (Å²) in [5.74, 6) is 1.98. The fourth-order valence-corrected chi connectivity index (χ4v) is 7.50. The van der Waals surface area contributed by atoms with Gasteiger partial charge in [0.15, 0.2) is 0 Å². The van der Waals surface area contributed by atoms with Crippen LogP contribution in [-0.2, 0) is 37.3 Å². The van der Waals surface area contributed by atoms with E-state index in [4.69, 9.17) is 9.72 Å². The van der Waals surface area contributed by atoms with Crippen molar-refractivity contribution in [2.45, 2.75) is 78.6 Å². The monoisotopic (exact) mass is 968 g/mol. The molecule has 0 unspecified atom stereocenters. The number of nitrogens with zero attached hydrogens (tertiary/aromatic N) is 3. The molecule has 0 atom stereocenters. The van der Waals surface area contributed by atoms with Gasteiger partial charge in [-0.3, -0.25) is 7.05 Å². The van der Waals surface area contributed by atoms with Gasteiger partial charge >= 0.3 is 0 Å². The molecule has 0 aliphatic carbocycles. The van der Waals surface area contributed by atoms with Crippen LogP contribution in [0.2, 0.25) is 0 Å². The van der Waals surface area contributed by atoms with Crippen LogP contribution in [0, 0.1) is 19.2 Å². The van der Waals surface area contributed by atoms with Crippen LogP contribution in [0.15, 0.2) is 140 Å². The van der Waals surface area contributed by atoms with Crippen LogP contribution in [0.1, 0.15) is 79.0 Å². The van der Waals surface area contributed by atoms with Gasteiger partial charge in [-0.1, -0.05) is 135 Å². The Hall–Kier alpha value is -5.64. The first-order chi connectivity index (χ1) is 28.0. The second-order valence-electron chi connectivity index (χ2n) is 18.5. The summed E-state index contributed by atoms with van der Waals surface area (Å²) >= 11 is 0. The predicted octanol–water partition coefficient (Wildman–Crippen LogP) is 14.8. The van der Waals surface area contributed by atoms with Crippen molar-refractivity contribution in [3.8, 4) is 28.4 Å². The number of rotatable bonds is 8. The zero-order valence-corrected chi connectivity index (χ0v) is 38.3. The minimum Gasteiger partial charge on any atom is -0.515 e. The van der Waals surface area contributed by atoms with E-state index in [0.29, 0.717) is 11.5 Å². The Morgan fingerprint density at radius 1 is 0.600 bits per heavy atom. The Morgan fingerprint density at radius 2 is 1.28 bits per heavy atom. The molecule has 308 valence electrons. The van der Waals surface area contributed by atoms with Crippen molar-refractivity contribution >= 4 is 44.6 Å². The summed E-state index contributed by atoms with van der Waals surface area (Å²) in [6, 6.07) is 53.8. The van der Waals surface area contributed by atoms with E-state index >= 15 is 0 Å². The third-order valence-electron chi connectivity index (χ3n) is 11.0. The molecule has 0 saturated heterocycles. The van der Waals surface area contributed by atoms with E-state index in [-0.39, 0.29) is 37.3 Å². The summed E-state index contributed by atoms with van der Waals surface area (Å²) in [7, 11) is 4.67. The molecule has 6 heteroatoms. The maximum Gasteiger partial charge on any atom is 0.135 e. The average Bonchev–Trinajstić information content (AvgIpc) is 3.53. The Kier molecular flexibility index (Phi) is 11.6. The second kappa shape index (κ2) is 16.4. The van der Waals surface area contributed by atoms with Crippen molar-refractivity contribution in [1.82, 2.24) is 9.55 Å². The standard InChI is InChI=1S/C54H53N4O.Pt/c1-52(2,3)38-19-16-20-41(31-38)56-47-26-23-39(53(4,5)6)32-50(47)57(10)42-29-37(36-17-12-11-13-18-36)30-44(34-42)59-43-24-25-46-45-21-14-15-22-48(45)58(49(46)35-43)51-33-40(27-28-55-51)54(7,8)9;/h11-33,56H,10H2,1-9H3;/q-3;. The van der Waals surface area contributed by atoms with E-state index in [0.717, 1.165) is 61.5 Å². The first kappa shape index (κ1) is 42.5. The van der Waals surface area contributed by atoms with Crippen LogP contribution in [-0.4, -0.2) is 9.55 Å². The van der Waals surface area contributed by atoms with Gasteiger partial charge in [-0.2, -0.15) is 6.07 Å². The molecule has 2 aromatic heterocycles. The molecule has 0 bridgehead atoms. The molecule has 8 rings (SSSR count). The molecule has 0 saturated carbocycles. The fraction of sp³-hybridized carbons (Fsp3) is 0.222. The largest absolute Gasteiger partial charge is 0.515 e. The van der Waals surface area contributed by atoms with E-state index in [9.17, 15) is 0 Å². The third kappa shape index (κ3) is 8.79. The van der Waals surface area contributed by atoms with E-state index in [1.54, 1.807) is 0 Å². The topological polar surface area (TPSA) is 42.3 Å². The van der Waals surface area contributed by atoms with Crippen LogP contribution in [0.25, 0.3) is 38.8 Å². The van der Waals surface area contributed by atoms with Gasteiger partial charge in [-0.25, -0.2) is 4.98 Å². The van der Waals surface area contributed by atoms with Crippen molar-refractivity contribution < 1.29 is 25.8 Å². The molecule has 6 aromatic carbocycles. The SMILES string of the molecule is [CH2-]N(c1[c-]c(Oc2[c-]c3c(cc2)c2ccccc2n3-c2cc(C(C)(C)C)ccn2)cc(-c2ccccc2)c1)c1cc(C(C)(C)C)ccc1Nc1cccc(C(C)(C)C)c1.[Pt]. The van der Waals surface area contributed by atoms with Gasteiger partial charge in [0.2, 0.25) is 0 Å². The van der Waals surface area contributed by atoms with E-state index in [1.807, 2.05) is 29.3 Å². The molecular formula is C54H53N4OPt-3. The number of hydrogen-bond acceptors (Lipinski definition) is 4. The first-order valence-electron chi connectivity index (χ1n) is 20.4. The Morgan fingerprint density at radius 3 is 2.02 bits per heavy atom. The summed E-state index contributed by atoms with van der Waals surface area (Å²) in [6.45, 7) is 20.1. The molecular weight excluding hydrogens is 916 g/mol. The molecule has 0 radical (unpaired) electrons. The van der Waals surface area contributed by atoms with Crippen LogP contribution in [0.5, 0.6) is 11.5 Å². The number of nitrogens with one attached hydrogen (secondary N) is 1. The molecule has 8 aromatic rings. The molecule has 60 heavy (non-hydrogen) atoms. The molecule has 0 amide bonds. The van der Waals surface area contributed by atoms with Crippen LogP contribution in [0.4, 0.5) is 22.7 Å². The zero-order valence-electron chi connectivity index (χ0n) is 36.1. The number of hydrogen-bond donors (Lipinski definition) is 1. The summed E-state index contributed by atoms with van der Waals surface area (Å²) in [6.07, 6.45) is 1.90. The minimum absolute atomic E-state index is 0. The van der Waals surface area contributed by atoms with Gasteiger partial charge in [-0.15, -0.1) is 47.0 Å². The smallest absolute Gasteiger partial charge is 0.135 e. The number of fused-ring (bicyclic) bond motifs is 3. The van der Waals surface area contributed by atoms with E-state index < -0.39 is 0 Å². The quantitative estimate of drug-likeness (QED) is 0.154. The second-order valence-corrected chi connectivity index (χ2v) is 18.5. The number of aromatic nitrogens is 2. The molecule has 2 heterocycles. The summed E-state index contributed by atoms with van der Waals surface area (Å²) in [4.78, 5) is 6.82. The zero-order chi connectivity index (χ0) is 41.7. The number of ether oxygens (including phenoxy) is 1. The van der Waals surface area contributed by atoms with Crippen LogP contribution < -0.4 is 15.0 Å². The summed E-state index contributed by atoms with van der Waals surface area (Å²) in [5, 5.41) is 5.94. The Labute approximate surface area is 370 Å². The molecule has 0 spiro atoms. The van der Waals surface area contributed by atoms with Crippen molar-refractivity contribution in [2.75, 3.05) is 10.2 Å². The van der Waals surface area contributed by atoms with Gasteiger partial charge < -0.3 is 19.5 Å². The molecule has 0 aliphatic rings. The van der Waals surface area contributed by atoms with Crippen molar-refractivity contribution in [1.29, 1.82) is 0 Å². The summed E-state index contributed by atoms with van der Waals surface area (Å²) in [5.41, 5.74) is 11.2. The molecule has 5 nitrogen and oxygen atoms in total. The third-order valence-corrected chi connectivity index (χ3v) is 11.0. The Balaban J connectivity index is 0.00000544. The molecule has 0 fully saturated rings. The number of pyridine rings is 1. The van der Waals surface area contributed by atoms with E-state index in [2.05, 4.69) is 207 Å². The van der Waals surface area contributed by atoms with Crippen LogP contribution in [0.3, 0.4) is 0 Å². The van der Waals surface area contributed by atoms with Gasteiger partial charge in [-0.05, 0) is 86.3 Å².